The second-order valence-electron chi connectivity index (χ2n) is 8.08. The highest BCUT2D eigenvalue weighted by Crippen LogP contribution is 2.34. The lowest BCUT2D eigenvalue weighted by Gasteiger charge is -2.38. The van der Waals surface area contributed by atoms with Crippen molar-refractivity contribution in [1.29, 1.82) is 0 Å². The Kier molecular flexibility index (Phi) is 9.41. The number of ether oxygens (including phenoxy) is 5. The maximum absolute atomic E-state index is 11.9. The van der Waals surface area contributed by atoms with E-state index in [1.807, 2.05) is 13.8 Å². The van der Waals surface area contributed by atoms with Crippen LogP contribution in [0.15, 0.2) is 11.6 Å². The highest BCUT2D eigenvalue weighted by molar-refractivity contribution is 5.83. The average Bonchev–Trinajstić information content (AvgIpc) is 3.10. The Bertz CT molecular complexity index is 507. The number of hydrogen-bond donors (Lipinski definition) is 0. The van der Waals surface area contributed by atoms with Gasteiger partial charge in [-0.05, 0) is 45.6 Å². The molecule has 2 aliphatic rings. The SMILES string of the molecule is CCCCCCC1(CCC[C@H]2OC(C)(C)OC/C2=C\C(=O)OCC)OCCO1. The molecule has 6 nitrogen and oxygen atoms in total. The molecule has 2 fully saturated rings. The van der Waals surface area contributed by atoms with Crippen LogP contribution in [0.2, 0.25) is 0 Å². The smallest absolute Gasteiger partial charge is 0.330 e. The first-order valence-electron chi connectivity index (χ1n) is 10.9. The molecule has 2 heterocycles. The monoisotopic (exact) mass is 398 g/mol. The van der Waals surface area contributed by atoms with Gasteiger partial charge < -0.3 is 23.7 Å². The van der Waals surface area contributed by atoms with Crippen molar-refractivity contribution < 1.29 is 28.5 Å². The normalized spacial score (nSPS) is 25.1. The van der Waals surface area contributed by atoms with Crippen LogP contribution in [-0.4, -0.2) is 50.1 Å². The van der Waals surface area contributed by atoms with Gasteiger partial charge in [0.1, 0.15) is 0 Å². The number of esters is 1. The predicted molar refractivity (Wildman–Crippen MR) is 107 cm³/mol. The van der Waals surface area contributed by atoms with Crippen LogP contribution < -0.4 is 0 Å². The van der Waals surface area contributed by atoms with Crippen LogP contribution >= 0.6 is 0 Å². The molecule has 0 bridgehead atoms. The van der Waals surface area contributed by atoms with Gasteiger partial charge in [0.2, 0.25) is 0 Å². The van der Waals surface area contributed by atoms with E-state index in [1.54, 1.807) is 6.92 Å². The van der Waals surface area contributed by atoms with Gasteiger partial charge in [0.05, 0.1) is 32.5 Å². The van der Waals surface area contributed by atoms with E-state index in [2.05, 4.69) is 6.92 Å². The van der Waals surface area contributed by atoms with Gasteiger partial charge in [0, 0.05) is 18.9 Å². The lowest BCUT2D eigenvalue weighted by molar-refractivity contribution is -0.253. The molecule has 0 saturated carbocycles. The van der Waals surface area contributed by atoms with Crippen molar-refractivity contribution in [2.24, 2.45) is 0 Å². The average molecular weight is 399 g/mol. The summed E-state index contributed by atoms with van der Waals surface area (Å²) in [6.07, 6.45) is 9.65. The van der Waals surface area contributed by atoms with Crippen LogP contribution in [-0.2, 0) is 28.5 Å². The van der Waals surface area contributed by atoms with Crippen molar-refractivity contribution in [3.63, 3.8) is 0 Å². The maximum atomic E-state index is 11.9. The van der Waals surface area contributed by atoms with Gasteiger partial charge in [-0.25, -0.2) is 4.79 Å². The fraction of sp³-hybridized carbons (Fsp3) is 0.864. The summed E-state index contributed by atoms with van der Waals surface area (Å²) in [6.45, 7) is 9.90. The van der Waals surface area contributed by atoms with Gasteiger partial charge >= 0.3 is 5.97 Å². The molecule has 6 heteroatoms. The minimum absolute atomic E-state index is 0.160. The highest BCUT2D eigenvalue weighted by Gasteiger charge is 2.37. The van der Waals surface area contributed by atoms with Crippen molar-refractivity contribution in [3.8, 4) is 0 Å². The molecule has 2 aliphatic heterocycles. The lowest BCUT2D eigenvalue weighted by atomic mass is 9.96. The summed E-state index contributed by atoms with van der Waals surface area (Å²) >= 11 is 0. The van der Waals surface area contributed by atoms with Crippen LogP contribution in [0, 0.1) is 0 Å². The first-order valence-corrected chi connectivity index (χ1v) is 10.9. The summed E-state index contributed by atoms with van der Waals surface area (Å²) in [5.74, 6) is -1.45. The molecule has 0 N–H and O–H groups in total. The number of carbonyl (C=O) groups excluding carboxylic acids is 1. The van der Waals surface area contributed by atoms with Gasteiger partial charge in [-0.2, -0.15) is 0 Å². The molecule has 2 saturated heterocycles. The molecule has 0 amide bonds. The van der Waals surface area contributed by atoms with E-state index >= 15 is 0 Å². The van der Waals surface area contributed by atoms with Crippen molar-refractivity contribution in [2.75, 3.05) is 26.4 Å². The minimum atomic E-state index is -0.658. The minimum Gasteiger partial charge on any atom is -0.463 e. The fourth-order valence-corrected chi connectivity index (χ4v) is 3.81. The molecule has 0 unspecified atom stereocenters. The second kappa shape index (κ2) is 11.3. The number of rotatable bonds is 11. The van der Waals surface area contributed by atoms with Crippen molar-refractivity contribution in [1.82, 2.24) is 0 Å². The van der Waals surface area contributed by atoms with E-state index in [-0.39, 0.29) is 12.1 Å². The summed E-state index contributed by atoms with van der Waals surface area (Å²) in [7, 11) is 0. The molecular formula is C22H38O6. The third-order valence-electron chi connectivity index (χ3n) is 5.26. The molecule has 0 aliphatic carbocycles. The Morgan fingerprint density at radius 1 is 1.07 bits per heavy atom. The number of hydrogen-bond acceptors (Lipinski definition) is 6. The molecule has 162 valence electrons. The van der Waals surface area contributed by atoms with Crippen molar-refractivity contribution in [3.05, 3.63) is 11.6 Å². The Labute approximate surface area is 169 Å². The first-order chi connectivity index (χ1) is 13.4. The summed E-state index contributed by atoms with van der Waals surface area (Å²) in [5, 5.41) is 0. The topological polar surface area (TPSA) is 63.2 Å². The molecule has 2 rings (SSSR count). The molecule has 0 spiro atoms. The van der Waals surface area contributed by atoms with Crippen LogP contribution in [0.4, 0.5) is 0 Å². The molecule has 0 aromatic heterocycles. The van der Waals surface area contributed by atoms with E-state index in [0.29, 0.717) is 26.4 Å². The predicted octanol–water partition coefficient (Wildman–Crippen LogP) is 4.51. The molecule has 0 aromatic rings. The zero-order valence-electron chi connectivity index (χ0n) is 18.1. The molecule has 1 atom stereocenters. The number of unbranched alkanes of at least 4 members (excludes halogenated alkanes) is 3. The highest BCUT2D eigenvalue weighted by atomic mass is 16.7. The zero-order chi connectivity index (χ0) is 20.5. The molecule has 0 radical (unpaired) electrons. The van der Waals surface area contributed by atoms with Gasteiger partial charge in [0.15, 0.2) is 11.6 Å². The second-order valence-corrected chi connectivity index (χ2v) is 8.08. The van der Waals surface area contributed by atoms with E-state index in [1.165, 1.54) is 25.3 Å². The largest absolute Gasteiger partial charge is 0.463 e. The van der Waals surface area contributed by atoms with Gasteiger partial charge in [-0.15, -0.1) is 0 Å². The van der Waals surface area contributed by atoms with E-state index in [4.69, 9.17) is 23.7 Å². The lowest BCUT2D eigenvalue weighted by Crippen LogP contribution is -2.42. The Morgan fingerprint density at radius 2 is 1.79 bits per heavy atom. The Morgan fingerprint density at radius 3 is 2.46 bits per heavy atom. The summed E-state index contributed by atoms with van der Waals surface area (Å²) in [6, 6.07) is 0. The third kappa shape index (κ3) is 7.47. The summed E-state index contributed by atoms with van der Waals surface area (Å²) in [5.41, 5.74) is 0.836. The fourth-order valence-electron chi connectivity index (χ4n) is 3.81. The Hall–Kier alpha value is -0.950. The Balaban J connectivity index is 1.91. The maximum Gasteiger partial charge on any atom is 0.330 e. The van der Waals surface area contributed by atoms with Crippen LogP contribution in [0.3, 0.4) is 0 Å². The van der Waals surface area contributed by atoms with Gasteiger partial charge in [-0.1, -0.05) is 26.2 Å². The summed E-state index contributed by atoms with van der Waals surface area (Å²) < 4.78 is 28.9. The molecule has 0 aromatic carbocycles. The third-order valence-corrected chi connectivity index (χ3v) is 5.26. The van der Waals surface area contributed by atoms with E-state index in [0.717, 1.165) is 37.7 Å². The van der Waals surface area contributed by atoms with Crippen molar-refractivity contribution >= 4 is 5.97 Å². The van der Waals surface area contributed by atoms with Crippen LogP contribution in [0.25, 0.3) is 0 Å². The zero-order valence-corrected chi connectivity index (χ0v) is 18.1. The van der Waals surface area contributed by atoms with E-state index in [9.17, 15) is 4.79 Å². The van der Waals surface area contributed by atoms with E-state index < -0.39 is 11.6 Å². The summed E-state index contributed by atoms with van der Waals surface area (Å²) in [4.78, 5) is 11.9. The molecule has 28 heavy (non-hydrogen) atoms. The van der Waals surface area contributed by atoms with Crippen molar-refractivity contribution in [2.45, 2.75) is 96.7 Å². The van der Waals surface area contributed by atoms with Crippen LogP contribution in [0.1, 0.15) is 79.1 Å². The quantitative estimate of drug-likeness (QED) is 0.290. The molecular weight excluding hydrogens is 360 g/mol. The first kappa shape index (κ1) is 23.3. The van der Waals surface area contributed by atoms with Gasteiger partial charge in [-0.3, -0.25) is 0 Å². The van der Waals surface area contributed by atoms with Crippen LogP contribution in [0.5, 0.6) is 0 Å². The van der Waals surface area contributed by atoms with Gasteiger partial charge in [0.25, 0.3) is 0 Å². The number of carbonyl (C=O) groups is 1. The standard InChI is InChI=1S/C22H38O6/c1-5-7-8-9-12-22(25-14-15-26-22)13-10-11-19-18(16-20(23)24-6-2)17-27-21(3,4)28-19/h16,19H,5-15,17H2,1-4H3/b18-16+/t19-/m1/s1.